The van der Waals surface area contributed by atoms with Crippen LogP contribution in [0.15, 0.2) is 28.9 Å². The van der Waals surface area contributed by atoms with Gasteiger partial charge in [0.15, 0.2) is 0 Å². The smallest absolute Gasteiger partial charge is 0.321 e. The highest BCUT2D eigenvalue weighted by Gasteiger charge is 2.26. The summed E-state index contributed by atoms with van der Waals surface area (Å²) in [5.74, 6) is -0.372. The molecule has 3 amide bonds. The second kappa shape index (κ2) is 8.81. The van der Waals surface area contributed by atoms with Crippen LogP contribution in [0.5, 0.6) is 0 Å². The number of carbonyl (C=O) groups excluding carboxylic acids is 2. The van der Waals surface area contributed by atoms with Crippen LogP contribution in [0.4, 0.5) is 10.7 Å². The fourth-order valence-corrected chi connectivity index (χ4v) is 2.13. The van der Waals surface area contributed by atoms with Gasteiger partial charge in [-0.25, -0.2) is 4.79 Å². The number of aromatic nitrogens is 2. The maximum atomic E-state index is 12.6. The van der Waals surface area contributed by atoms with Crippen molar-refractivity contribution in [3.63, 3.8) is 0 Å². The highest BCUT2D eigenvalue weighted by Crippen LogP contribution is 2.27. The minimum atomic E-state index is -0.471. The lowest BCUT2D eigenvalue weighted by atomic mass is 10.1. The molecule has 0 bridgehead atoms. The third kappa shape index (κ3) is 5.03. The number of carbonyl (C=O) groups is 2. The molecule has 0 atom stereocenters. The molecule has 2 aromatic rings. The molecule has 2 aromatic heterocycles. The molecule has 0 unspecified atom stereocenters. The van der Waals surface area contributed by atoms with Gasteiger partial charge in [0.25, 0.3) is 5.91 Å². The molecule has 3 N–H and O–H groups in total. The molecule has 0 aliphatic carbocycles. The highest BCUT2D eigenvalue weighted by atomic mass is 16.5. The van der Waals surface area contributed by atoms with E-state index in [1.807, 2.05) is 20.8 Å². The number of urea groups is 1. The Morgan fingerprint density at radius 3 is 2.72 bits per heavy atom. The minimum absolute atomic E-state index is 0.00667. The number of pyridine rings is 1. The van der Waals surface area contributed by atoms with Gasteiger partial charge in [0.2, 0.25) is 5.88 Å². The van der Waals surface area contributed by atoms with Crippen molar-refractivity contribution in [1.29, 1.82) is 0 Å². The lowest BCUT2D eigenvalue weighted by Gasteiger charge is -2.09. The number of nitrogens with zero attached hydrogens (tertiary/aromatic N) is 2. The van der Waals surface area contributed by atoms with Crippen molar-refractivity contribution >= 4 is 17.8 Å². The van der Waals surface area contributed by atoms with E-state index in [1.165, 1.54) is 0 Å². The fourth-order valence-electron chi connectivity index (χ4n) is 2.13. The van der Waals surface area contributed by atoms with Crippen molar-refractivity contribution in [3.8, 4) is 11.4 Å². The van der Waals surface area contributed by atoms with E-state index in [0.29, 0.717) is 12.2 Å². The molecule has 0 saturated carbocycles. The molecule has 0 aliphatic heterocycles. The van der Waals surface area contributed by atoms with Crippen LogP contribution < -0.4 is 16.0 Å². The van der Waals surface area contributed by atoms with Crippen molar-refractivity contribution < 1.29 is 14.1 Å². The molecular weight excluding hydrogens is 322 g/mol. The Kier molecular flexibility index (Phi) is 6.50. The van der Waals surface area contributed by atoms with Gasteiger partial charge < -0.3 is 15.2 Å². The van der Waals surface area contributed by atoms with Crippen molar-refractivity contribution in [1.82, 2.24) is 20.8 Å². The predicted octanol–water partition coefficient (Wildman–Crippen LogP) is 2.80. The summed E-state index contributed by atoms with van der Waals surface area (Å²) in [7, 11) is 0. The van der Waals surface area contributed by atoms with E-state index in [2.05, 4.69) is 26.1 Å². The molecule has 2 rings (SSSR count). The molecule has 0 aromatic carbocycles. The summed E-state index contributed by atoms with van der Waals surface area (Å²) in [6, 6.07) is 4.74. The minimum Gasteiger partial charge on any atom is -0.352 e. The molecule has 25 heavy (non-hydrogen) atoms. The van der Waals surface area contributed by atoms with Crippen LogP contribution in [-0.2, 0) is 0 Å². The maximum absolute atomic E-state index is 12.6. The standard InChI is InChI=1S/C17H23N5O3/c1-4-5-9-19-15(23)13-14(12-8-6-7-10-18-12)22-25-16(13)21-17(24)20-11(2)3/h6-8,10-11H,4-5,9H2,1-3H3,(H,19,23)(H2,20,21,24). The lowest BCUT2D eigenvalue weighted by Crippen LogP contribution is -2.35. The Labute approximate surface area is 146 Å². The molecule has 8 heteroatoms. The maximum Gasteiger partial charge on any atom is 0.321 e. The van der Waals surface area contributed by atoms with Crippen molar-refractivity contribution in [2.75, 3.05) is 11.9 Å². The lowest BCUT2D eigenvalue weighted by molar-refractivity contribution is 0.0954. The zero-order valence-corrected chi connectivity index (χ0v) is 14.6. The second-order valence-electron chi connectivity index (χ2n) is 5.81. The van der Waals surface area contributed by atoms with Crippen LogP contribution in [0.3, 0.4) is 0 Å². The van der Waals surface area contributed by atoms with E-state index < -0.39 is 6.03 Å². The fraction of sp³-hybridized carbons (Fsp3) is 0.412. The van der Waals surface area contributed by atoms with E-state index in [-0.39, 0.29) is 29.1 Å². The zero-order chi connectivity index (χ0) is 18.2. The van der Waals surface area contributed by atoms with Crippen LogP contribution in [0.25, 0.3) is 11.4 Å². The average Bonchev–Trinajstić information content (AvgIpc) is 2.98. The summed E-state index contributed by atoms with van der Waals surface area (Å²) in [6.07, 6.45) is 3.41. The number of rotatable bonds is 7. The monoisotopic (exact) mass is 345 g/mol. The number of hydrogen-bond donors (Lipinski definition) is 3. The Bertz CT molecular complexity index is 712. The third-order valence-corrected chi connectivity index (χ3v) is 3.29. The van der Waals surface area contributed by atoms with Crippen LogP contribution in [-0.4, -0.2) is 34.7 Å². The second-order valence-corrected chi connectivity index (χ2v) is 5.81. The van der Waals surface area contributed by atoms with Crippen LogP contribution in [0.1, 0.15) is 44.0 Å². The first kappa shape index (κ1) is 18.4. The molecule has 134 valence electrons. The molecule has 8 nitrogen and oxygen atoms in total. The SMILES string of the molecule is CCCCNC(=O)c1c(-c2ccccn2)noc1NC(=O)NC(C)C. The molecule has 0 radical (unpaired) electrons. The molecule has 0 fully saturated rings. The topological polar surface area (TPSA) is 109 Å². The zero-order valence-electron chi connectivity index (χ0n) is 14.6. The summed E-state index contributed by atoms with van der Waals surface area (Å²) < 4.78 is 5.21. The van der Waals surface area contributed by atoms with Gasteiger partial charge in [-0.1, -0.05) is 24.6 Å². The van der Waals surface area contributed by atoms with Gasteiger partial charge in [0, 0.05) is 18.8 Å². The van der Waals surface area contributed by atoms with Gasteiger partial charge in [-0.3, -0.25) is 15.1 Å². The number of unbranched alkanes of at least 4 members (excludes halogenated alkanes) is 1. The van der Waals surface area contributed by atoms with Crippen LogP contribution in [0, 0.1) is 0 Å². The first-order valence-corrected chi connectivity index (χ1v) is 8.29. The van der Waals surface area contributed by atoms with Crippen molar-refractivity contribution in [2.45, 2.75) is 39.7 Å². The molecule has 0 saturated heterocycles. The van der Waals surface area contributed by atoms with Crippen molar-refractivity contribution in [2.24, 2.45) is 0 Å². The van der Waals surface area contributed by atoms with E-state index in [4.69, 9.17) is 4.52 Å². The largest absolute Gasteiger partial charge is 0.352 e. The van der Waals surface area contributed by atoms with Crippen LogP contribution >= 0.6 is 0 Å². The highest BCUT2D eigenvalue weighted by molar-refractivity contribution is 6.06. The first-order chi connectivity index (χ1) is 12.0. The Morgan fingerprint density at radius 1 is 1.28 bits per heavy atom. The number of amides is 3. The Morgan fingerprint density at radius 2 is 2.08 bits per heavy atom. The van der Waals surface area contributed by atoms with Gasteiger partial charge in [0.1, 0.15) is 11.3 Å². The Balaban J connectivity index is 2.31. The summed E-state index contributed by atoms with van der Waals surface area (Å²) in [5.41, 5.74) is 0.937. The van der Waals surface area contributed by atoms with E-state index in [1.54, 1.807) is 24.4 Å². The summed E-state index contributed by atoms with van der Waals surface area (Å²) in [5, 5.41) is 11.9. The summed E-state index contributed by atoms with van der Waals surface area (Å²) in [6.45, 7) is 6.23. The molecular formula is C17H23N5O3. The van der Waals surface area contributed by atoms with E-state index >= 15 is 0 Å². The van der Waals surface area contributed by atoms with Gasteiger partial charge >= 0.3 is 6.03 Å². The average molecular weight is 345 g/mol. The van der Waals surface area contributed by atoms with Crippen LogP contribution in [0.2, 0.25) is 0 Å². The van der Waals surface area contributed by atoms with Gasteiger partial charge in [-0.15, -0.1) is 0 Å². The number of anilines is 1. The first-order valence-electron chi connectivity index (χ1n) is 8.29. The quantitative estimate of drug-likeness (QED) is 0.669. The normalized spacial score (nSPS) is 10.6. The van der Waals surface area contributed by atoms with Gasteiger partial charge in [-0.05, 0) is 32.4 Å². The number of nitrogens with one attached hydrogen (secondary N) is 3. The van der Waals surface area contributed by atoms with Gasteiger partial charge in [0.05, 0.1) is 5.69 Å². The Hall–Kier alpha value is -2.90. The number of hydrogen-bond acceptors (Lipinski definition) is 5. The summed E-state index contributed by atoms with van der Waals surface area (Å²) in [4.78, 5) is 28.7. The van der Waals surface area contributed by atoms with E-state index in [9.17, 15) is 9.59 Å². The molecule has 0 aliphatic rings. The molecule has 2 heterocycles. The van der Waals surface area contributed by atoms with E-state index in [0.717, 1.165) is 12.8 Å². The predicted molar refractivity (Wildman–Crippen MR) is 94.3 cm³/mol. The summed E-state index contributed by atoms with van der Waals surface area (Å²) >= 11 is 0. The third-order valence-electron chi connectivity index (χ3n) is 3.29. The van der Waals surface area contributed by atoms with Crippen molar-refractivity contribution in [3.05, 3.63) is 30.0 Å². The van der Waals surface area contributed by atoms with Gasteiger partial charge in [-0.2, -0.15) is 0 Å². The molecule has 0 spiro atoms.